The van der Waals surface area contributed by atoms with Crippen molar-refractivity contribution < 1.29 is 13.2 Å². The molecule has 0 saturated carbocycles. The van der Waals surface area contributed by atoms with E-state index in [1.165, 1.54) is 25.3 Å². The minimum Gasteiger partial charge on any atom is -0.380 e. The second kappa shape index (κ2) is 6.02. The molecule has 0 aliphatic carbocycles. The van der Waals surface area contributed by atoms with E-state index in [1.807, 2.05) is 0 Å². The summed E-state index contributed by atoms with van der Waals surface area (Å²) in [6.45, 7) is 1.92. The van der Waals surface area contributed by atoms with Crippen LogP contribution in [0.4, 0.5) is 0 Å². The van der Waals surface area contributed by atoms with Crippen LogP contribution in [0.25, 0.3) is 0 Å². The van der Waals surface area contributed by atoms with Crippen molar-refractivity contribution in [2.24, 2.45) is 0 Å². The first-order valence-corrected chi connectivity index (χ1v) is 7.08. The minimum atomic E-state index is -3.66. The van der Waals surface area contributed by atoms with E-state index in [2.05, 4.69) is 4.72 Å². The first-order chi connectivity index (χ1) is 7.86. The van der Waals surface area contributed by atoms with Crippen LogP contribution in [0, 0.1) is 0 Å². The van der Waals surface area contributed by atoms with Gasteiger partial charge in [0.25, 0.3) is 0 Å². The van der Waals surface area contributed by atoms with Crippen molar-refractivity contribution in [1.82, 2.24) is 4.72 Å². The van der Waals surface area contributed by atoms with Crippen molar-refractivity contribution in [2.45, 2.75) is 17.9 Å². The molecule has 7 heteroatoms. The molecule has 0 amide bonds. The van der Waals surface area contributed by atoms with Crippen molar-refractivity contribution in [3.63, 3.8) is 0 Å². The average molecular weight is 298 g/mol. The lowest BCUT2D eigenvalue weighted by atomic mass is 10.4. The highest BCUT2D eigenvalue weighted by atomic mass is 35.5. The molecule has 1 N–H and O–H groups in total. The van der Waals surface area contributed by atoms with Gasteiger partial charge in [0.15, 0.2) is 0 Å². The van der Waals surface area contributed by atoms with Gasteiger partial charge in [-0.25, -0.2) is 13.1 Å². The van der Waals surface area contributed by atoms with Gasteiger partial charge in [0.2, 0.25) is 10.0 Å². The van der Waals surface area contributed by atoms with E-state index in [4.69, 9.17) is 27.9 Å². The fourth-order valence-electron chi connectivity index (χ4n) is 1.07. The van der Waals surface area contributed by atoms with Crippen molar-refractivity contribution in [1.29, 1.82) is 0 Å². The molecule has 96 valence electrons. The maximum Gasteiger partial charge on any atom is 0.242 e. The zero-order valence-corrected chi connectivity index (χ0v) is 11.7. The predicted molar refractivity (Wildman–Crippen MR) is 68.1 cm³/mol. The summed E-state index contributed by atoms with van der Waals surface area (Å²) < 4.78 is 31.2. The molecule has 0 bridgehead atoms. The van der Waals surface area contributed by atoms with Crippen molar-refractivity contribution >= 4 is 33.2 Å². The summed E-state index contributed by atoms with van der Waals surface area (Å²) in [5.74, 6) is 0. The predicted octanol–water partition coefficient (Wildman–Crippen LogP) is 2.31. The van der Waals surface area contributed by atoms with Gasteiger partial charge >= 0.3 is 0 Å². The molecule has 0 spiro atoms. The standard InChI is InChI=1S/C10H13Cl2NO3S/c1-7(16-2)6-13-17(14,15)10-5-8(11)3-4-9(10)12/h3-5,7,13H,6H2,1-2H3. The number of rotatable bonds is 5. The van der Waals surface area contributed by atoms with Gasteiger partial charge in [-0.15, -0.1) is 0 Å². The van der Waals surface area contributed by atoms with Crippen LogP contribution in [0.2, 0.25) is 10.0 Å². The Hall–Kier alpha value is -0.330. The summed E-state index contributed by atoms with van der Waals surface area (Å²) in [5.41, 5.74) is 0. The summed E-state index contributed by atoms with van der Waals surface area (Å²) >= 11 is 11.6. The molecule has 1 atom stereocenters. The highest BCUT2D eigenvalue weighted by Gasteiger charge is 2.18. The van der Waals surface area contributed by atoms with Gasteiger partial charge in [-0.2, -0.15) is 0 Å². The molecule has 1 aromatic rings. The van der Waals surface area contributed by atoms with Gasteiger partial charge in [-0.3, -0.25) is 0 Å². The number of ether oxygens (including phenoxy) is 1. The number of halogens is 2. The lowest BCUT2D eigenvalue weighted by molar-refractivity contribution is 0.122. The van der Waals surface area contributed by atoms with Gasteiger partial charge < -0.3 is 4.74 Å². The summed E-state index contributed by atoms with van der Waals surface area (Å²) in [5, 5.41) is 0.446. The third-order valence-electron chi connectivity index (χ3n) is 2.15. The molecule has 17 heavy (non-hydrogen) atoms. The number of hydrogen-bond donors (Lipinski definition) is 1. The lowest BCUT2D eigenvalue weighted by Gasteiger charge is -2.12. The van der Waals surface area contributed by atoms with Crippen LogP contribution < -0.4 is 4.72 Å². The molecular formula is C10H13Cl2NO3S. The van der Waals surface area contributed by atoms with Crippen LogP contribution >= 0.6 is 23.2 Å². The van der Waals surface area contributed by atoms with E-state index in [-0.39, 0.29) is 22.6 Å². The number of nitrogens with one attached hydrogen (secondary N) is 1. The molecule has 1 aromatic carbocycles. The van der Waals surface area contributed by atoms with Crippen molar-refractivity contribution in [3.8, 4) is 0 Å². The Morgan fingerprint density at radius 3 is 2.65 bits per heavy atom. The Bertz CT molecular complexity index is 490. The second-order valence-corrected chi connectivity index (χ2v) is 6.05. The third kappa shape index (κ3) is 4.12. The molecule has 0 saturated heterocycles. The molecule has 4 nitrogen and oxygen atoms in total. The summed E-state index contributed by atoms with van der Waals surface area (Å²) in [6.07, 6.45) is -0.220. The van der Waals surface area contributed by atoms with Gasteiger partial charge in [-0.05, 0) is 25.1 Å². The zero-order chi connectivity index (χ0) is 13.1. The number of methoxy groups -OCH3 is 1. The fraction of sp³-hybridized carbons (Fsp3) is 0.400. The smallest absolute Gasteiger partial charge is 0.242 e. The monoisotopic (exact) mass is 297 g/mol. The topological polar surface area (TPSA) is 55.4 Å². The largest absolute Gasteiger partial charge is 0.380 e. The lowest BCUT2D eigenvalue weighted by Crippen LogP contribution is -2.31. The molecule has 1 rings (SSSR count). The molecule has 0 aromatic heterocycles. The van der Waals surface area contributed by atoms with Gasteiger partial charge in [0.1, 0.15) is 4.90 Å². The third-order valence-corrected chi connectivity index (χ3v) is 4.29. The van der Waals surface area contributed by atoms with Crippen molar-refractivity contribution in [2.75, 3.05) is 13.7 Å². The van der Waals surface area contributed by atoms with Gasteiger partial charge in [0, 0.05) is 18.7 Å². The van der Waals surface area contributed by atoms with Crippen LogP contribution in [0.3, 0.4) is 0 Å². The molecule has 0 heterocycles. The summed E-state index contributed by atoms with van der Waals surface area (Å²) in [7, 11) is -2.16. The van der Waals surface area contributed by atoms with Crippen LogP contribution in [-0.2, 0) is 14.8 Å². The maximum absolute atomic E-state index is 11.9. The van der Waals surface area contributed by atoms with Crippen LogP contribution in [0.1, 0.15) is 6.92 Å². The first-order valence-electron chi connectivity index (χ1n) is 4.84. The van der Waals surface area contributed by atoms with E-state index >= 15 is 0 Å². The Balaban J connectivity index is 2.93. The minimum absolute atomic E-state index is 0.0324. The molecule has 0 radical (unpaired) electrons. The van der Waals surface area contributed by atoms with Crippen molar-refractivity contribution in [3.05, 3.63) is 28.2 Å². The average Bonchev–Trinajstić information content (AvgIpc) is 2.29. The Morgan fingerprint density at radius 1 is 1.41 bits per heavy atom. The fourth-order valence-corrected chi connectivity index (χ4v) is 2.95. The molecule has 0 aliphatic heterocycles. The number of hydrogen-bond acceptors (Lipinski definition) is 3. The second-order valence-electron chi connectivity index (χ2n) is 3.47. The summed E-state index contributed by atoms with van der Waals surface area (Å²) in [6, 6.07) is 4.28. The Kier molecular flexibility index (Phi) is 5.22. The SMILES string of the molecule is COC(C)CNS(=O)(=O)c1cc(Cl)ccc1Cl. The van der Waals surface area contributed by atoms with Crippen LogP contribution in [-0.4, -0.2) is 28.2 Å². The highest BCUT2D eigenvalue weighted by molar-refractivity contribution is 7.89. The summed E-state index contributed by atoms with van der Waals surface area (Å²) in [4.78, 5) is -0.0324. The van der Waals surface area contributed by atoms with Crippen LogP contribution in [0.15, 0.2) is 23.1 Å². The van der Waals surface area contributed by atoms with E-state index in [0.29, 0.717) is 5.02 Å². The zero-order valence-electron chi connectivity index (χ0n) is 9.41. The quantitative estimate of drug-likeness (QED) is 0.907. The van der Waals surface area contributed by atoms with E-state index in [9.17, 15) is 8.42 Å². The molecular weight excluding hydrogens is 285 g/mol. The van der Waals surface area contributed by atoms with Gasteiger partial charge in [0.05, 0.1) is 11.1 Å². The van der Waals surface area contributed by atoms with Crippen LogP contribution in [0.5, 0.6) is 0 Å². The Labute approximate surface area is 111 Å². The number of sulfonamides is 1. The maximum atomic E-state index is 11.9. The highest BCUT2D eigenvalue weighted by Crippen LogP contribution is 2.24. The van der Waals surface area contributed by atoms with Gasteiger partial charge in [-0.1, -0.05) is 23.2 Å². The molecule has 1 unspecified atom stereocenters. The van der Waals surface area contributed by atoms with E-state index in [0.717, 1.165) is 0 Å². The first kappa shape index (κ1) is 14.7. The molecule has 0 aliphatic rings. The molecule has 0 fully saturated rings. The van der Waals surface area contributed by atoms with E-state index < -0.39 is 10.0 Å². The van der Waals surface area contributed by atoms with E-state index in [1.54, 1.807) is 6.92 Å². The Morgan fingerprint density at radius 2 is 2.06 bits per heavy atom. The normalized spacial score (nSPS) is 13.6. The number of benzene rings is 1.